The van der Waals surface area contributed by atoms with Crippen LogP contribution < -0.4 is 21.1 Å². The molecular weight excluding hydrogens is 274 g/mol. The van der Waals surface area contributed by atoms with Gasteiger partial charge in [0.05, 0.1) is 6.61 Å². The Morgan fingerprint density at radius 3 is 1.82 bits per heavy atom. The van der Waals surface area contributed by atoms with E-state index >= 15 is 0 Å². The molecule has 2 aromatic rings. The van der Waals surface area contributed by atoms with E-state index in [1.807, 2.05) is 67.5 Å². The van der Waals surface area contributed by atoms with Gasteiger partial charge in [-0.25, -0.2) is 0 Å². The summed E-state index contributed by atoms with van der Waals surface area (Å²) in [6, 6.07) is 15.3. The molecule has 4 heteroatoms. The second-order valence-corrected chi connectivity index (χ2v) is 5.26. The zero-order valence-corrected chi connectivity index (χ0v) is 13.8. The highest BCUT2D eigenvalue weighted by Gasteiger charge is 1.92. The molecule has 0 aliphatic heterocycles. The van der Waals surface area contributed by atoms with E-state index in [4.69, 9.17) is 16.2 Å². The second kappa shape index (κ2) is 9.55. The van der Waals surface area contributed by atoms with E-state index in [-0.39, 0.29) is 0 Å². The number of rotatable bonds is 5. The second-order valence-electron chi connectivity index (χ2n) is 5.26. The van der Waals surface area contributed by atoms with Crippen LogP contribution in [0.5, 0.6) is 5.75 Å². The van der Waals surface area contributed by atoms with Crippen molar-refractivity contribution in [3.05, 3.63) is 48.5 Å². The minimum Gasteiger partial charge on any atom is -0.494 e. The summed E-state index contributed by atoms with van der Waals surface area (Å²) in [5.74, 6) is 0.901. The molecule has 0 aliphatic rings. The van der Waals surface area contributed by atoms with E-state index in [0.717, 1.165) is 36.6 Å². The predicted octanol–water partition coefficient (Wildman–Crippen LogP) is 3.78. The third-order valence-corrected chi connectivity index (χ3v) is 3.06. The number of nitrogens with two attached hydrogens (primary N) is 2. The zero-order chi connectivity index (χ0) is 16.4. The van der Waals surface area contributed by atoms with Crippen LogP contribution in [-0.4, -0.2) is 20.7 Å². The fourth-order valence-corrected chi connectivity index (χ4v) is 1.67. The molecule has 0 aromatic heterocycles. The summed E-state index contributed by atoms with van der Waals surface area (Å²) in [7, 11) is 4.01. The SMILES string of the molecule is CCCCOc1ccc(N)cc1.CN(C)c1ccc(N)cc1. The predicted molar refractivity (Wildman–Crippen MR) is 96.4 cm³/mol. The Bertz CT molecular complexity index is 521. The molecule has 2 rings (SSSR count). The topological polar surface area (TPSA) is 64.5 Å². The molecule has 4 N–H and O–H groups in total. The molecule has 0 atom stereocenters. The van der Waals surface area contributed by atoms with Crippen molar-refractivity contribution in [2.45, 2.75) is 19.8 Å². The van der Waals surface area contributed by atoms with Gasteiger partial charge >= 0.3 is 0 Å². The van der Waals surface area contributed by atoms with Gasteiger partial charge in [-0.15, -0.1) is 0 Å². The Hall–Kier alpha value is -2.36. The van der Waals surface area contributed by atoms with Gasteiger partial charge in [-0.2, -0.15) is 0 Å². The van der Waals surface area contributed by atoms with Gasteiger partial charge in [0.2, 0.25) is 0 Å². The lowest BCUT2D eigenvalue weighted by atomic mass is 10.3. The number of anilines is 3. The lowest BCUT2D eigenvalue weighted by Crippen LogP contribution is -2.08. The zero-order valence-electron chi connectivity index (χ0n) is 13.8. The van der Waals surface area contributed by atoms with Gasteiger partial charge in [-0.1, -0.05) is 13.3 Å². The number of nitrogen functional groups attached to an aromatic ring is 2. The van der Waals surface area contributed by atoms with Crippen LogP contribution in [0.15, 0.2) is 48.5 Å². The average Bonchev–Trinajstić information content (AvgIpc) is 2.51. The van der Waals surface area contributed by atoms with Gasteiger partial charge in [0, 0.05) is 31.2 Å². The van der Waals surface area contributed by atoms with E-state index < -0.39 is 0 Å². The highest BCUT2D eigenvalue weighted by atomic mass is 16.5. The van der Waals surface area contributed by atoms with Gasteiger partial charge < -0.3 is 21.1 Å². The number of unbranched alkanes of at least 4 members (excludes halogenated alkanes) is 1. The molecule has 120 valence electrons. The van der Waals surface area contributed by atoms with Crippen LogP contribution in [0.25, 0.3) is 0 Å². The van der Waals surface area contributed by atoms with E-state index in [9.17, 15) is 0 Å². The fraction of sp³-hybridized carbons (Fsp3) is 0.333. The van der Waals surface area contributed by atoms with E-state index in [2.05, 4.69) is 6.92 Å². The first-order valence-corrected chi connectivity index (χ1v) is 7.54. The van der Waals surface area contributed by atoms with Crippen molar-refractivity contribution in [2.75, 3.05) is 37.1 Å². The van der Waals surface area contributed by atoms with Crippen molar-refractivity contribution in [3.8, 4) is 5.75 Å². The molecule has 4 nitrogen and oxygen atoms in total. The molecule has 0 aliphatic carbocycles. The Kier molecular flexibility index (Phi) is 7.68. The first-order valence-electron chi connectivity index (χ1n) is 7.54. The minimum atomic E-state index is 0.776. The summed E-state index contributed by atoms with van der Waals surface area (Å²) in [6.45, 7) is 2.94. The standard InChI is InChI=1S/C10H15NO.C8H12N2/c1-2-3-8-12-10-6-4-9(11)5-7-10;1-10(2)8-5-3-7(9)4-6-8/h4-7H,2-3,8,11H2,1H3;3-6H,9H2,1-2H3. The summed E-state index contributed by atoms with van der Waals surface area (Å²) < 4.78 is 5.45. The molecule has 0 heterocycles. The molecule has 22 heavy (non-hydrogen) atoms. The van der Waals surface area contributed by atoms with Gasteiger partial charge in [0.15, 0.2) is 0 Å². The van der Waals surface area contributed by atoms with Gasteiger partial charge in [-0.05, 0) is 55.0 Å². The van der Waals surface area contributed by atoms with Crippen LogP contribution in [0.2, 0.25) is 0 Å². The third kappa shape index (κ3) is 6.88. The van der Waals surface area contributed by atoms with Crippen LogP contribution in [0, 0.1) is 0 Å². The van der Waals surface area contributed by atoms with Crippen LogP contribution in [0.1, 0.15) is 19.8 Å². The largest absolute Gasteiger partial charge is 0.494 e. The Morgan fingerprint density at radius 1 is 0.864 bits per heavy atom. The van der Waals surface area contributed by atoms with Crippen LogP contribution in [-0.2, 0) is 0 Å². The average molecular weight is 301 g/mol. The summed E-state index contributed by atoms with van der Waals surface area (Å²) in [4.78, 5) is 2.04. The van der Waals surface area contributed by atoms with Gasteiger partial charge in [0.1, 0.15) is 5.75 Å². The highest BCUT2D eigenvalue weighted by molar-refractivity contribution is 5.51. The maximum absolute atomic E-state index is 5.53. The Balaban J connectivity index is 0.000000224. The number of hydrogen-bond donors (Lipinski definition) is 2. The Labute approximate surface area is 133 Å². The normalized spacial score (nSPS) is 9.59. The monoisotopic (exact) mass is 301 g/mol. The molecule has 0 bridgehead atoms. The maximum Gasteiger partial charge on any atom is 0.119 e. The molecule has 0 amide bonds. The van der Waals surface area contributed by atoms with Gasteiger partial charge in [-0.3, -0.25) is 0 Å². The van der Waals surface area contributed by atoms with Crippen molar-refractivity contribution < 1.29 is 4.74 Å². The van der Waals surface area contributed by atoms with Crippen molar-refractivity contribution in [1.82, 2.24) is 0 Å². The summed E-state index contributed by atoms with van der Waals surface area (Å²) in [5.41, 5.74) is 13.8. The molecular formula is C18H27N3O. The number of hydrogen-bond acceptors (Lipinski definition) is 4. The lowest BCUT2D eigenvalue weighted by Gasteiger charge is -2.11. The molecule has 0 fully saturated rings. The third-order valence-electron chi connectivity index (χ3n) is 3.06. The fourth-order valence-electron chi connectivity index (χ4n) is 1.67. The van der Waals surface area contributed by atoms with Crippen LogP contribution in [0.4, 0.5) is 17.1 Å². The van der Waals surface area contributed by atoms with E-state index in [1.165, 1.54) is 5.69 Å². The first kappa shape index (κ1) is 17.7. The van der Waals surface area contributed by atoms with Crippen molar-refractivity contribution in [3.63, 3.8) is 0 Å². The van der Waals surface area contributed by atoms with Crippen molar-refractivity contribution in [2.24, 2.45) is 0 Å². The van der Waals surface area contributed by atoms with Crippen molar-refractivity contribution in [1.29, 1.82) is 0 Å². The highest BCUT2D eigenvalue weighted by Crippen LogP contribution is 2.13. The molecule has 0 spiro atoms. The van der Waals surface area contributed by atoms with Crippen molar-refractivity contribution >= 4 is 17.1 Å². The van der Waals surface area contributed by atoms with Gasteiger partial charge in [0.25, 0.3) is 0 Å². The minimum absolute atomic E-state index is 0.776. The van der Waals surface area contributed by atoms with E-state index in [1.54, 1.807) is 0 Å². The summed E-state index contributed by atoms with van der Waals surface area (Å²) >= 11 is 0. The quantitative estimate of drug-likeness (QED) is 0.651. The summed E-state index contributed by atoms with van der Waals surface area (Å²) in [5, 5.41) is 0. The smallest absolute Gasteiger partial charge is 0.119 e. The summed E-state index contributed by atoms with van der Waals surface area (Å²) in [6.07, 6.45) is 2.26. The number of nitrogens with zero attached hydrogens (tertiary/aromatic N) is 1. The molecule has 0 unspecified atom stereocenters. The Morgan fingerprint density at radius 2 is 1.36 bits per heavy atom. The number of benzene rings is 2. The molecule has 2 aromatic carbocycles. The number of ether oxygens (including phenoxy) is 1. The first-order chi connectivity index (χ1) is 10.5. The molecule has 0 radical (unpaired) electrons. The molecule has 0 saturated heterocycles. The maximum atomic E-state index is 5.53. The van der Waals surface area contributed by atoms with E-state index in [0.29, 0.717) is 0 Å². The van der Waals surface area contributed by atoms with Crippen LogP contribution in [0.3, 0.4) is 0 Å². The van der Waals surface area contributed by atoms with Crippen LogP contribution >= 0.6 is 0 Å². The molecule has 0 saturated carbocycles. The lowest BCUT2D eigenvalue weighted by molar-refractivity contribution is 0.309.